The Morgan fingerprint density at radius 3 is 2.40 bits per heavy atom. The van der Waals surface area contributed by atoms with Crippen LogP contribution >= 0.6 is 11.6 Å². The van der Waals surface area contributed by atoms with Gasteiger partial charge in [-0.15, -0.1) is 0 Å². The fraction of sp³-hybridized carbons (Fsp3) is 0.520. The van der Waals surface area contributed by atoms with E-state index in [1.54, 1.807) is 0 Å². The molecule has 0 saturated carbocycles. The quantitative estimate of drug-likeness (QED) is 0.375. The lowest BCUT2D eigenvalue weighted by molar-refractivity contribution is 0.0800. The Labute approximate surface area is 210 Å². The lowest BCUT2D eigenvalue weighted by atomic mass is 9.99. The summed E-state index contributed by atoms with van der Waals surface area (Å²) in [5, 5.41) is 8.37. The number of hydrogen-bond acceptors (Lipinski definition) is 6. The topological polar surface area (TPSA) is 76.1 Å². The number of aliphatic hydroxyl groups excluding tert-OH is 1. The van der Waals surface area contributed by atoms with Crippen LogP contribution in [0.15, 0.2) is 41.3 Å². The fourth-order valence-electron chi connectivity index (χ4n) is 4.27. The summed E-state index contributed by atoms with van der Waals surface area (Å²) in [5.74, 6) is -2.05. The smallest absolute Gasteiger partial charge is 0.187 e. The second kappa shape index (κ2) is 13.0. The molecule has 0 aliphatic carbocycles. The molecule has 1 aliphatic heterocycles. The normalized spacial score (nSPS) is 17.9. The SMILES string of the molecule is CCCCOCCCN(CCCO)[C@@H]1COc2c(F)ccc(F)c2[C@H]1S(=O)(=O)c1ccc(Cl)cc1. The number of sulfone groups is 1. The number of aliphatic hydroxyl groups is 1. The Balaban J connectivity index is 1.99. The van der Waals surface area contributed by atoms with Crippen molar-refractivity contribution >= 4 is 21.4 Å². The summed E-state index contributed by atoms with van der Waals surface area (Å²) < 4.78 is 68.7. The highest BCUT2D eigenvalue weighted by atomic mass is 35.5. The van der Waals surface area contributed by atoms with Crippen LogP contribution in [-0.2, 0) is 14.6 Å². The Bertz CT molecular complexity index is 1070. The van der Waals surface area contributed by atoms with E-state index in [1.807, 2.05) is 4.90 Å². The first-order valence-corrected chi connectivity index (χ1v) is 13.8. The molecule has 0 bridgehead atoms. The van der Waals surface area contributed by atoms with Gasteiger partial charge in [-0.05, 0) is 55.7 Å². The first kappa shape index (κ1) is 27.8. The summed E-state index contributed by atoms with van der Waals surface area (Å²) in [4.78, 5) is 1.82. The minimum atomic E-state index is -4.17. The van der Waals surface area contributed by atoms with E-state index in [9.17, 15) is 17.9 Å². The van der Waals surface area contributed by atoms with Crippen LogP contribution in [0.1, 0.15) is 43.4 Å². The van der Waals surface area contributed by atoms with Crippen molar-refractivity contribution in [1.29, 1.82) is 0 Å². The molecule has 0 fully saturated rings. The predicted molar refractivity (Wildman–Crippen MR) is 131 cm³/mol. The van der Waals surface area contributed by atoms with Crippen LogP contribution in [0.5, 0.6) is 5.75 Å². The first-order valence-electron chi connectivity index (χ1n) is 11.8. The Kier molecular flexibility index (Phi) is 10.3. The van der Waals surface area contributed by atoms with Gasteiger partial charge in [0.05, 0.1) is 16.5 Å². The van der Waals surface area contributed by atoms with Gasteiger partial charge in [-0.3, -0.25) is 4.90 Å². The van der Waals surface area contributed by atoms with Crippen molar-refractivity contribution in [3.05, 3.63) is 58.6 Å². The van der Waals surface area contributed by atoms with E-state index in [0.29, 0.717) is 44.2 Å². The largest absolute Gasteiger partial charge is 0.488 e. The zero-order chi connectivity index (χ0) is 25.4. The van der Waals surface area contributed by atoms with E-state index < -0.39 is 32.8 Å². The van der Waals surface area contributed by atoms with E-state index in [-0.39, 0.29) is 29.4 Å². The second-order valence-electron chi connectivity index (χ2n) is 8.50. The van der Waals surface area contributed by atoms with Crippen LogP contribution in [-0.4, -0.2) is 64.0 Å². The molecule has 0 saturated heterocycles. The number of fused-ring (bicyclic) bond motifs is 1. The molecule has 3 rings (SSSR count). The number of nitrogens with zero attached hydrogens (tertiary/aromatic N) is 1. The van der Waals surface area contributed by atoms with Gasteiger partial charge in [-0.1, -0.05) is 24.9 Å². The minimum absolute atomic E-state index is 0.0431. The molecule has 2 atom stereocenters. The molecular weight excluding hydrogens is 500 g/mol. The highest BCUT2D eigenvalue weighted by Crippen LogP contribution is 2.44. The number of unbranched alkanes of at least 4 members (excludes halogenated alkanes) is 1. The maximum Gasteiger partial charge on any atom is 0.187 e. The molecule has 35 heavy (non-hydrogen) atoms. The van der Waals surface area contributed by atoms with Crippen molar-refractivity contribution in [2.24, 2.45) is 0 Å². The number of halogens is 3. The molecule has 0 unspecified atom stereocenters. The van der Waals surface area contributed by atoms with E-state index in [0.717, 1.165) is 25.0 Å². The van der Waals surface area contributed by atoms with Gasteiger partial charge in [0.1, 0.15) is 17.7 Å². The van der Waals surface area contributed by atoms with Gasteiger partial charge >= 0.3 is 0 Å². The lowest BCUT2D eigenvalue weighted by Crippen LogP contribution is -2.49. The van der Waals surface area contributed by atoms with Crippen LogP contribution in [0.4, 0.5) is 8.78 Å². The molecule has 1 aliphatic rings. The number of hydrogen-bond donors (Lipinski definition) is 1. The number of benzene rings is 2. The summed E-state index contributed by atoms with van der Waals surface area (Å²) in [6, 6.07) is 6.66. The number of ether oxygens (including phenoxy) is 2. The van der Waals surface area contributed by atoms with Gasteiger partial charge in [0.25, 0.3) is 0 Å². The van der Waals surface area contributed by atoms with Crippen LogP contribution in [0.3, 0.4) is 0 Å². The highest BCUT2D eigenvalue weighted by Gasteiger charge is 2.46. The van der Waals surface area contributed by atoms with E-state index in [4.69, 9.17) is 21.1 Å². The third-order valence-electron chi connectivity index (χ3n) is 6.05. The van der Waals surface area contributed by atoms with Gasteiger partial charge in [0.2, 0.25) is 0 Å². The zero-order valence-corrected chi connectivity index (χ0v) is 21.3. The summed E-state index contributed by atoms with van der Waals surface area (Å²) in [6.07, 6.45) is 2.97. The molecule has 194 valence electrons. The molecule has 2 aromatic rings. The van der Waals surface area contributed by atoms with Crippen LogP contribution in [0, 0.1) is 11.6 Å². The van der Waals surface area contributed by atoms with Gasteiger partial charge in [0, 0.05) is 37.9 Å². The summed E-state index contributed by atoms with van der Waals surface area (Å²) in [7, 11) is -4.17. The third kappa shape index (κ3) is 6.71. The lowest BCUT2D eigenvalue weighted by Gasteiger charge is -2.40. The molecule has 1 heterocycles. The van der Waals surface area contributed by atoms with E-state index in [2.05, 4.69) is 6.92 Å². The molecule has 6 nitrogen and oxygen atoms in total. The maximum absolute atomic E-state index is 15.1. The molecule has 0 spiro atoms. The van der Waals surface area contributed by atoms with Gasteiger partial charge in [0.15, 0.2) is 21.4 Å². The van der Waals surface area contributed by atoms with Gasteiger partial charge in [-0.2, -0.15) is 0 Å². The van der Waals surface area contributed by atoms with Crippen LogP contribution in [0.25, 0.3) is 0 Å². The van der Waals surface area contributed by atoms with Gasteiger partial charge in [-0.25, -0.2) is 17.2 Å². The molecular formula is C25H32ClF2NO5S. The van der Waals surface area contributed by atoms with Crippen LogP contribution < -0.4 is 4.74 Å². The average Bonchev–Trinajstić information content (AvgIpc) is 2.85. The zero-order valence-electron chi connectivity index (χ0n) is 19.8. The average molecular weight is 532 g/mol. The maximum atomic E-state index is 15.1. The van der Waals surface area contributed by atoms with Gasteiger partial charge < -0.3 is 14.6 Å². The molecule has 1 N–H and O–H groups in total. The highest BCUT2D eigenvalue weighted by molar-refractivity contribution is 7.91. The number of rotatable bonds is 13. The first-order chi connectivity index (χ1) is 16.8. The van der Waals surface area contributed by atoms with Crippen molar-refractivity contribution in [2.45, 2.75) is 48.8 Å². The van der Waals surface area contributed by atoms with Crippen molar-refractivity contribution in [2.75, 3.05) is 39.5 Å². The molecule has 10 heteroatoms. The van der Waals surface area contributed by atoms with E-state index >= 15 is 4.39 Å². The van der Waals surface area contributed by atoms with E-state index in [1.165, 1.54) is 24.3 Å². The van der Waals surface area contributed by atoms with Crippen LogP contribution in [0.2, 0.25) is 5.02 Å². The molecule has 0 amide bonds. The fourth-order valence-corrected chi connectivity index (χ4v) is 6.40. The summed E-state index contributed by atoms with van der Waals surface area (Å²) >= 11 is 5.95. The Morgan fingerprint density at radius 2 is 1.71 bits per heavy atom. The van der Waals surface area contributed by atoms with Crippen molar-refractivity contribution < 1.29 is 31.8 Å². The summed E-state index contributed by atoms with van der Waals surface area (Å²) in [5.41, 5.74) is -0.315. The standard InChI is InChI=1S/C25H32ClF2NO5S/c1-2-3-15-33-16-5-13-29(12-4-14-30)22-17-34-24-21(28)11-10-20(27)23(24)25(22)35(31,32)19-8-6-18(26)7-9-19/h6-11,22,25,30H,2-5,12-17H2,1H3/t22-,25+/m1/s1. The van der Waals surface area contributed by atoms with Crippen molar-refractivity contribution in [3.63, 3.8) is 0 Å². The Morgan fingerprint density at radius 1 is 1.06 bits per heavy atom. The molecule has 0 aromatic heterocycles. The third-order valence-corrected chi connectivity index (χ3v) is 8.45. The predicted octanol–water partition coefficient (Wildman–Crippen LogP) is 4.79. The van der Waals surface area contributed by atoms with Crippen molar-refractivity contribution in [1.82, 2.24) is 4.90 Å². The second-order valence-corrected chi connectivity index (χ2v) is 11.0. The monoisotopic (exact) mass is 531 g/mol. The minimum Gasteiger partial charge on any atom is -0.488 e. The molecule has 2 aromatic carbocycles. The Hall–Kier alpha value is -1.78. The molecule has 0 radical (unpaired) electrons. The summed E-state index contributed by atoms with van der Waals surface area (Å²) in [6.45, 7) is 3.77. The van der Waals surface area contributed by atoms with Crippen molar-refractivity contribution in [3.8, 4) is 5.75 Å².